The summed E-state index contributed by atoms with van der Waals surface area (Å²) in [5.74, 6) is 1.14. The predicted molar refractivity (Wildman–Crippen MR) is 84.2 cm³/mol. The molecule has 1 saturated carbocycles. The van der Waals surface area contributed by atoms with Crippen LogP contribution in [0.3, 0.4) is 0 Å². The van der Waals surface area contributed by atoms with Crippen LogP contribution in [0.5, 0.6) is 0 Å². The summed E-state index contributed by atoms with van der Waals surface area (Å²) in [7, 11) is 2.10. The number of imidazole rings is 1. The Balaban J connectivity index is 2.13. The van der Waals surface area contributed by atoms with Crippen molar-refractivity contribution in [3.8, 4) is 0 Å². The summed E-state index contributed by atoms with van der Waals surface area (Å²) < 4.78 is 2.21. The summed E-state index contributed by atoms with van der Waals surface area (Å²) in [5.41, 5.74) is 8.34. The van der Waals surface area contributed by atoms with E-state index in [1.165, 1.54) is 25.7 Å². The Bertz CT molecular complexity index is 609. The van der Waals surface area contributed by atoms with Gasteiger partial charge in [0, 0.05) is 24.0 Å². The predicted octanol–water partition coefficient (Wildman–Crippen LogP) is 3.78. The molecule has 108 valence electrons. The highest BCUT2D eigenvalue weighted by atomic mass is 35.5. The third kappa shape index (κ3) is 2.23. The highest BCUT2D eigenvalue weighted by molar-refractivity contribution is 6.31. The van der Waals surface area contributed by atoms with Gasteiger partial charge in [0.1, 0.15) is 5.82 Å². The number of hydrogen-bond acceptors (Lipinski definition) is 2. The van der Waals surface area contributed by atoms with Gasteiger partial charge in [0.05, 0.1) is 11.0 Å². The van der Waals surface area contributed by atoms with E-state index in [4.69, 9.17) is 22.3 Å². The summed E-state index contributed by atoms with van der Waals surface area (Å²) in [6.45, 7) is 0.678. The maximum Gasteiger partial charge on any atom is 0.117 e. The normalized spacial score (nSPS) is 19.1. The van der Waals surface area contributed by atoms with Gasteiger partial charge in [-0.2, -0.15) is 0 Å². The second-order valence-corrected chi connectivity index (χ2v) is 6.46. The largest absolute Gasteiger partial charge is 0.331 e. The van der Waals surface area contributed by atoms with Crippen LogP contribution in [0.1, 0.15) is 44.3 Å². The zero-order valence-corrected chi connectivity index (χ0v) is 12.8. The Morgan fingerprint density at radius 2 is 1.95 bits per heavy atom. The number of rotatable bonds is 2. The van der Waals surface area contributed by atoms with Crippen molar-refractivity contribution in [3.05, 3.63) is 29.0 Å². The van der Waals surface area contributed by atoms with Gasteiger partial charge in [-0.1, -0.05) is 37.3 Å². The number of benzene rings is 1. The third-order valence-electron chi connectivity index (χ3n) is 4.77. The van der Waals surface area contributed by atoms with E-state index in [1.54, 1.807) is 0 Å². The van der Waals surface area contributed by atoms with Gasteiger partial charge >= 0.3 is 0 Å². The van der Waals surface area contributed by atoms with Gasteiger partial charge in [0.2, 0.25) is 0 Å². The van der Waals surface area contributed by atoms with Gasteiger partial charge in [-0.05, 0) is 31.0 Å². The van der Waals surface area contributed by atoms with Crippen molar-refractivity contribution in [3.63, 3.8) is 0 Å². The molecule has 0 unspecified atom stereocenters. The van der Waals surface area contributed by atoms with E-state index in [0.717, 1.165) is 34.7 Å². The molecule has 0 amide bonds. The number of nitrogens with zero attached hydrogens (tertiary/aromatic N) is 2. The van der Waals surface area contributed by atoms with Crippen molar-refractivity contribution in [2.24, 2.45) is 12.8 Å². The van der Waals surface area contributed by atoms with Crippen LogP contribution < -0.4 is 5.73 Å². The summed E-state index contributed by atoms with van der Waals surface area (Å²) in [4.78, 5) is 4.88. The number of aryl methyl sites for hydroxylation is 1. The lowest BCUT2D eigenvalue weighted by molar-refractivity contribution is 0.351. The molecule has 2 N–H and O–H groups in total. The highest BCUT2D eigenvalue weighted by Gasteiger charge is 2.35. The maximum atomic E-state index is 6.18. The second-order valence-electron chi connectivity index (χ2n) is 6.03. The van der Waals surface area contributed by atoms with Gasteiger partial charge in [0.25, 0.3) is 0 Å². The van der Waals surface area contributed by atoms with Crippen molar-refractivity contribution < 1.29 is 0 Å². The molecule has 1 heterocycles. The third-order valence-corrected chi connectivity index (χ3v) is 5.00. The van der Waals surface area contributed by atoms with Gasteiger partial charge in [-0.3, -0.25) is 0 Å². The van der Waals surface area contributed by atoms with E-state index < -0.39 is 0 Å². The maximum absolute atomic E-state index is 6.18. The molecule has 4 heteroatoms. The Kier molecular flexibility index (Phi) is 3.74. The molecule has 1 aromatic carbocycles. The fourth-order valence-corrected chi connectivity index (χ4v) is 3.74. The van der Waals surface area contributed by atoms with E-state index in [-0.39, 0.29) is 5.41 Å². The van der Waals surface area contributed by atoms with Crippen LogP contribution in [0.2, 0.25) is 5.02 Å². The SMILES string of the molecule is Cn1c(C2(CN)CCCCCC2)nc2cc(Cl)ccc21. The van der Waals surface area contributed by atoms with Crippen molar-refractivity contribution in [1.82, 2.24) is 9.55 Å². The first kappa shape index (κ1) is 13.9. The van der Waals surface area contributed by atoms with Gasteiger partial charge in [0.15, 0.2) is 0 Å². The second kappa shape index (κ2) is 5.38. The number of hydrogen-bond donors (Lipinski definition) is 1. The molecule has 3 rings (SSSR count). The zero-order valence-electron chi connectivity index (χ0n) is 12.0. The Morgan fingerprint density at radius 1 is 1.25 bits per heavy atom. The van der Waals surface area contributed by atoms with Gasteiger partial charge < -0.3 is 10.3 Å². The van der Waals surface area contributed by atoms with E-state index in [1.807, 2.05) is 12.1 Å². The summed E-state index contributed by atoms with van der Waals surface area (Å²) >= 11 is 6.09. The molecular weight excluding hydrogens is 270 g/mol. The number of aromatic nitrogens is 2. The number of fused-ring (bicyclic) bond motifs is 1. The van der Waals surface area contributed by atoms with E-state index in [0.29, 0.717) is 6.54 Å². The average Bonchev–Trinajstić information content (AvgIpc) is 2.65. The standard InChI is InChI=1S/C16H22ClN3/c1-20-14-7-6-12(17)10-13(14)19-15(20)16(11-18)8-4-2-3-5-9-16/h6-7,10H,2-5,8-9,11,18H2,1H3. The van der Waals surface area contributed by atoms with E-state index in [9.17, 15) is 0 Å². The van der Waals surface area contributed by atoms with Crippen LogP contribution in [0.25, 0.3) is 11.0 Å². The van der Waals surface area contributed by atoms with E-state index >= 15 is 0 Å². The Morgan fingerprint density at radius 3 is 2.60 bits per heavy atom. The molecule has 1 aromatic heterocycles. The highest BCUT2D eigenvalue weighted by Crippen LogP contribution is 2.38. The lowest BCUT2D eigenvalue weighted by Gasteiger charge is -2.30. The molecule has 20 heavy (non-hydrogen) atoms. The van der Waals surface area contributed by atoms with Crippen LogP contribution >= 0.6 is 11.6 Å². The Labute approximate surface area is 125 Å². The fraction of sp³-hybridized carbons (Fsp3) is 0.562. The van der Waals surface area contributed by atoms with E-state index in [2.05, 4.69) is 17.7 Å². The summed E-state index contributed by atoms with van der Waals surface area (Å²) in [6, 6.07) is 5.92. The minimum Gasteiger partial charge on any atom is -0.331 e. The van der Waals surface area contributed by atoms with Crippen LogP contribution in [-0.4, -0.2) is 16.1 Å². The van der Waals surface area contributed by atoms with Crippen molar-refractivity contribution in [2.45, 2.75) is 43.9 Å². The van der Waals surface area contributed by atoms with Gasteiger partial charge in [-0.15, -0.1) is 0 Å². The summed E-state index contributed by atoms with van der Waals surface area (Å²) in [6.07, 6.45) is 7.43. The lowest BCUT2D eigenvalue weighted by atomic mass is 9.79. The molecule has 3 nitrogen and oxygen atoms in total. The van der Waals surface area contributed by atoms with Crippen molar-refractivity contribution in [2.75, 3.05) is 6.54 Å². The topological polar surface area (TPSA) is 43.8 Å². The minimum atomic E-state index is 0.0384. The molecule has 0 radical (unpaired) electrons. The number of nitrogens with two attached hydrogens (primary N) is 1. The first-order valence-electron chi connectivity index (χ1n) is 7.49. The molecule has 1 aliphatic rings. The quantitative estimate of drug-likeness (QED) is 0.856. The smallest absolute Gasteiger partial charge is 0.117 e. The molecule has 0 atom stereocenters. The lowest BCUT2D eigenvalue weighted by Crippen LogP contribution is -2.37. The first-order valence-corrected chi connectivity index (χ1v) is 7.87. The fourth-order valence-electron chi connectivity index (χ4n) is 3.57. The number of halogens is 1. The van der Waals surface area contributed by atoms with Crippen LogP contribution in [0.4, 0.5) is 0 Å². The average molecular weight is 292 g/mol. The first-order chi connectivity index (χ1) is 9.66. The molecule has 1 aliphatic carbocycles. The molecule has 0 saturated heterocycles. The Hall–Kier alpha value is -1.06. The van der Waals surface area contributed by atoms with Crippen molar-refractivity contribution >= 4 is 22.6 Å². The van der Waals surface area contributed by atoms with Crippen LogP contribution in [0.15, 0.2) is 18.2 Å². The summed E-state index contributed by atoms with van der Waals surface area (Å²) in [5, 5.41) is 0.741. The van der Waals surface area contributed by atoms with Crippen LogP contribution in [-0.2, 0) is 12.5 Å². The molecule has 0 spiro atoms. The van der Waals surface area contributed by atoms with Crippen LogP contribution in [0, 0.1) is 0 Å². The molecular formula is C16H22ClN3. The van der Waals surface area contributed by atoms with Gasteiger partial charge in [-0.25, -0.2) is 4.98 Å². The minimum absolute atomic E-state index is 0.0384. The molecule has 2 aromatic rings. The molecule has 0 aliphatic heterocycles. The zero-order chi connectivity index (χ0) is 14.2. The molecule has 0 bridgehead atoms. The monoisotopic (exact) mass is 291 g/mol. The molecule has 1 fully saturated rings. The van der Waals surface area contributed by atoms with Crippen molar-refractivity contribution in [1.29, 1.82) is 0 Å².